The third-order valence-electron chi connectivity index (χ3n) is 3.27. The molecule has 2 aromatic rings. The van der Waals surface area contributed by atoms with E-state index in [9.17, 15) is 0 Å². The Morgan fingerprint density at radius 2 is 2.06 bits per heavy atom. The van der Waals surface area contributed by atoms with Crippen LogP contribution < -0.4 is 4.74 Å². The third-order valence-corrected chi connectivity index (χ3v) is 3.27. The first-order chi connectivity index (χ1) is 7.93. The summed E-state index contributed by atoms with van der Waals surface area (Å²) in [4.78, 5) is 7.37. The van der Waals surface area contributed by atoms with Gasteiger partial charge in [0.1, 0.15) is 11.4 Å². The van der Waals surface area contributed by atoms with Crippen LogP contribution in [0, 0.1) is 0 Å². The Hall–Kier alpha value is -1.51. The minimum absolute atomic E-state index is 0.397. The van der Waals surface area contributed by atoms with E-state index in [4.69, 9.17) is 4.74 Å². The fraction of sp³-hybridized carbons (Fsp3) is 0.462. The number of pyridine rings is 1. The zero-order chi connectivity index (χ0) is 10.8. The molecule has 3 rings (SSSR count). The molecule has 0 aliphatic heterocycles. The summed E-state index contributed by atoms with van der Waals surface area (Å²) in [7, 11) is 0. The Labute approximate surface area is 94.8 Å². The first-order valence-corrected chi connectivity index (χ1v) is 6.02. The largest absolute Gasteiger partial charge is 0.490 e. The molecule has 1 aliphatic rings. The number of rotatable bonds is 2. The van der Waals surface area contributed by atoms with Crippen LogP contribution in [0.5, 0.6) is 5.75 Å². The number of nitrogens with zero attached hydrogens (tertiary/aromatic N) is 1. The van der Waals surface area contributed by atoms with Crippen molar-refractivity contribution >= 4 is 11.0 Å². The predicted octanol–water partition coefficient (Wildman–Crippen LogP) is 3.27. The fourth-order valence-electron chi connectivity index (χ4n) is 2.40. The summed E-state index contributed by atoms with van der Waals surface area (Å²) in [5, 5.41) is 1.09. The molecule has 3 nitrogen and oxygen atoms in total. The van der Waals surface area contributed by atoms with E-state index in [1.165, 1.54) is 32.1 Å². The van der Waals surface area contributed by atoms with Crippen LogP contribution >= 0.6 is 0 Å². The van der Waals surface area contributed by atoms with Crippen molar-refractivity contribution in [1.82, 2.24) is 9.97 Å². The lowest BCUT2D eigenvalue weighted by atomic mass is 9.98. The summed E-state index contributed by atoms with van der Waals surface area (Å²) in [5.74, 6) is 0.971. The van der Waals surface area contributed by atoms with Gasteiger partial charge in [0, 0.05) is 12.4 Å². The van der Waals surface area contributed by atoms with Gasteiger partial charge >= 0.3 is 0 Å². The van der Waals surface area contributed by atoms with Crippen LogP contribution in [0.25, 0.3) is 11.0 Å². The van der Waals surface area contributed by atoms with E-state index in [-0.39, 0.29) is 0 Å². The van der Waals surface area contributed by atoms with Crippen LogP contribution in [0.2, 0.25) is 0 Å². The number of nitrogens with one attached hydrogen (secondary N) is 1. The molecule has 2 aromatic heterocycles. The van der Waals surface area contributed by atoms with Gasteiger partial charge in [0.05, 0.1) is 11.5 Å². The first-order valence-electron chi connectivity index (χ1n) is 6.02. The van der Waals surface area contributed by atoms with E-state index in [2.05, 4.69) is 9.97 Å². The Morgan fingerprint density at radius 3 is 2.94 bits per heavy atom. The standard InChI is InChI=1S/C13H16N2O/c1-2-4-10(5-3-1)16-12-7-9-15-13-11(12)6-8-14-13/h6-10H,1-5H2,(H,14,15). The molecule has 0 radical (unpaired) electrons. The van der Waals surface area contributed by atoms with Crippen LogP contribution in [-0.4, -0.2) is 16.1 Å². The zero-order valence-corrected chi connectivity index (χ0v) is 9.28. The molecule has 84 valence electrons. The maximum Gasteiger partial charge on any atom is 0.140 e. The minimum Gasteiger partial charge on any atom is -0.490 e. The molecule has 0 amide bonds. The van der Waals surface area contributed by atoms with Crippen molar-refractivity contribution in [3.8, 4) is 5.75 Å². The van der Waals surface area contributed by atoms with Crippen molar-refractivity contribution in [2.24, 2.45) is 0 Å². The molecule has 1 aliphatic carbocycles. The maximum absolute atomic E-state index is 6.07. The molecule has 0 saturated heterocycles. The molecule has 1 saturated carbocycles. The number of hydrogen-bond acceptors (Lipinski definition) is 2. The van der Waals surface area contributed by atoms with E-state index in [0.717, 1.165) is 16.8 Å². The van der Waals surface area contributed by atoms with Crippen molar-refractivity contribution < 1.29 is 4.74 Å². The maximum atomic E-state index is 6.07. The van der Waals surface area contributed by atoms with Gasteiger partial charge in [-0.3, -0.25) is 0 Å². The van der Waals surface area contributed by atoms with Crippen LogP contribution in [0.15, 0.2) is 24.5 Å². The number of hydrogen-bond donors (Lipinski definition) is 1. The van der Waals surface area contributed by atoms with Crippen molar-refractivity contribution in [2.45, 2.75) is 38.2 Å². The Morgan fingerprint density at radius 1 is 1.19 bits per heavy atom. The minimum atomic E-state index is 0.397. The molecule has 1 N–H and O–H groups in total. The Kier molecular flexibility index (Phi) is 2.52. The van der Waals surface area contributed by atoms with Gasteiger partial charge < -0.3 is 9.72 Å². The smallest absolute Gasteiger partial charge is 0.140 e. The monoisotopic (exact) mass is 216 g/mol. The molecule has 0 spiro atoms. The first kappa shape index (κ1) is 9.70. The van der Waals surface area contributed by atoms with Gasteiger partial charge in [-0.25, -0.2) is 4.98 Å². The highest BCUT2D eigenvalue weighted by Gasteiger charge is 2.16. The van der Waals surface area contributed by atoms with Gasteiger partial charge in [-0.1, -0.05) is 6.42 Å². The quantitative estimate of drug-likeness (QED) is 0.836. The Balaban J connectivity index is 1.85. The lowest BCUT2D eigenvalue weighted by Crippen LogP contribution is -2.19. The number of fused-ring (bicyclic) bond motifs is 1. The van der Waals surface area contributed by atoms with Crippen molar-refractivity contribution in [3.63, 3.8) is 0 Å². The van der Waals surface area contributed by atoms with Crippen molar-refractivity contribution in [2.75, 3.05) is 0 Å². The molecule has 0 atom stereocenters. The molecule has 0 bridgehead atoms. The topological polar surface area (TPSA) is 37.9 Å². The second kappa shape index (κ2) is 4.16. The summed E-state index contributed by atoms with van der Waals surface area (Å²) < 4.78 is 6.07. The zero-order valence-electron chi connectivity index (χ0n) is 9.28. The fourth-order valence-corrected chi connectivity index (χ4v) is 2.40. The second-order valence-electron chi connectivity index (χ2n) is 4.43. The molecular formula is C13H16N2O. The second-order valence-corrected chi connectivity index (χ2v) is 4.43. The Bertz CT molecular complexity index is 471. The van der Waals surface area contributed by atoms with Crippen molar-refractivity contribution in [3.05, 3.63) is 24.5 Å². The molecule has 0 aromatic carbocycles. The lowest BCUT2D eigenvalue weighted by molar-refractivity contribution is 0.157. The number of ether oxygens (including phenoxy) is 1. The SMILES string of the molecule is c1cc(OC2CCCCC2)c2cc[nH]c2n1. The van der Waals surface area contributed by atoms with Gasteiger partial charge in [-0.2, -0.15) is 0 Å². The van der Waals surface area contributed by atoms with E-state index in [1.807, 2.05) is 18.3 Å². The van der Waals surface area contributed by atoms with E-state index >= 15 is 0 Å². The number of H-pyrrole nitrogens is 1. The summed E-state index contributed by atoms with van der Waals surface area (Å²) in [6.45, 7) is 0. The van der Waals surface area contributed by atoms with E-state index in [1.54, 1.807) is 6.20 Å². The number of aromatic nitrogens is 2. The average molecular weight is 216 g/mol. The summed E-state index contributed by atoms with van der Waals surface area (Å²) in [5.41, 5.74) is 0.910. The van der Waals surface area contributed by atoms with Crippen LogP contribution in [0.1, 0.15) is 32.1 Å². The molecule has 1 fully saturated rings. The highest BCUT2D eigenvalue weighted by molar-refractivity contribution is 5.82. The molecule has 3 heteroatoms. The van der Waals surface area contributed by atoms with Gasteiger partial charge in [-0.15, -0.1) is 0 Å². The van der Waals surface area contributed by atoms with Gasteiger partial charge in [0.25, 0.3) is 0 Å². The third kappa shape index (κ3) is 1.77. The number of aromatic amines is 1. The molecule has 2 heterocycles. The van der Waals surface area contributed by atoms with E-state index in [0.29, 0.717) is 6.10 Å². The summed E-state index contributed by atoms with van der Waals surface area (Å²) in [6, 6.07) is 3.99. The van der Waals surface area contributed by atoms with Gasteiger partial charge in [0.2, 0.25) is 0 Å². The van der Waals surface area contributed by atoms with Gasteiger partial charge in [0.15, 0.2) is 0 Å². The van der Waals surface area contributed by atoms with E-state index < -0.39 is 0 Å². The molecule has 0 unspecified atom stereocenters. The average Bonchev–Trinajstić information content (AvgIpc) is 2.80. The summed E-state index contributed by atoms with van der Waals surface area (Å²) in [6.07, 6.45) is 10.4. The highest BCUT2D eigenvalue weighted by Crippen LogP contribution is 2.28. The molecular weight excluding hydrogens is 200 g/mol. The lowest BCUT2D eigenvalue weighted by Gasteiger charge is -2.23. The van der Waals surface area contributed by atoms with Crippen LogP contribution in [-0.2, 0) is 0 Å². The normalized spacial score (nSPS) is 17.8. The van der Waals surface area contributed by atoms with Gasteiger partial charge in [-0.05, 0) is 37.8 Å². The predicted molar refractivity (Wildman–Crippen MR) is 63.6 cm³/mol. The van der Waals surface area contributed by atoms with Crippen LogP contribution in [0.3, 0.4) is 0 Å². The van der Waals surface area contributed by atoms with Crippen LogP contribution in [0.4, 0.5) is 0 Å². The summed E-state index contributed by atoms with van der Waals surface area (Å²) >= 11 is 0. The highest BCUT2D eigenvalue weighted by atomic mass is 16.5. The van der Waals surface area contributed by atoms with Crippen molar-refractivity contribution in [1.29, 1.82) is 0 Å². The molecule has 16 heavy (non-hydrogen) atoms.